The maximum absolute atomic E-state index is 6.42. The van der Waals surface area contributed by atoms with Gasteiger partial charge in [-0.3, -0.25) is 0 Å². The summed E-state index contributed by atoms with van der Waals surface area (Å²) in [6, 6.07) is 5.96. The van der Waals surface area contributed by atoms with Crippen molar-refractivity contribution in [1.82, 2.24) is 0 Å². The van der Waals surface area contributed by atoms with Crippen LogP contribution >= 0.6 is 0 Å². The highest BCUT2D eigenvalue weighted by atomic mass is 16.3. The number of anilines is 2. The third-order valence-electron chi connectivity index (χ3n) is 4.00. The quantitative estimate of drug-likeness (QED) is 0.796. The average Bonchev–Trinajstić information content (AvgIpc) is 2.88. The number of hydrogen-bond acceptors (Lipinski definition) is 3. The molecule has 0 aliphatic carbocycles. The number of nitrogen functional groups attached to an aromatic ring is 2. The highest BCUT2D eigenvalue weighted by Crippen LogP contribution is 2.37. The molecule has 2 rings (SSSR count). The van der Waals surface area contributed by atoms with Crippen LogP contribution in [0.15, 0.2) is 28.9 Å². The van der Waals surface area contributed by atoms with Crippen molar-refractivity contribution >= 4 is 11.4 Å². The normalized spacial score (nSPS) is 12.8. The Balaban J connectivity index is 2.42. The molecule has 0 saturated heterocycles. The lowest BCUT2D eigenvalue weighted by molar-refractivity contribution is 0.519. The second kappa shape index (κ2) is 6.25. The molecule has 1 unspecified atom stereocenters. The molecule has 2 aromatic rings. The molecule has 0 saturated carbocycles. The van der Waals surface area contributed by atoms with E-state index in [1.54, 1.807) is 6.26 Å². The summed E-state index contributed by atoms with van der Waals surface area (Å²) in [5.41, 5.74) is 17.7. The lowest BCUT2D eigenvalue weighted by Gasteiger charge is -2.22. The average molecular weight is 286 g/mol. The van der Waals surface area contributed by atoms with E-state index in [1.165, 1.54) is 0 Å². The van der Waals surface area contributed by atoms with Crippen molar-refractivity contribution in [3.63, 3.8) is 0 Å². The van der Waals surface area contributed by atoms with E-state index >= 15 is 0 Å². The zero-order chi connectivity index (χ0) is 15.6. The number of aryl methyl sites for hydroxylation is 1. The fourth-order valence-corrected chi connectivity index (χ4v) is 3.05. The Labute approximate surface area is 127 Å². The second-order valence-electron chi connectivity index (χ2n) is 6.38. The predicted molar refractivity (Wildman–Crippen MR) is 89.4 cm³/mol. The summed E-state index contributed by atoms with van der Waals surface area (Å²) in [5, 5.41) is 0. The largest absolute Gasteiger partial charge is 0.469 e. The first-order chi connectivity index (χ1) is 9.90. The lowest BCUT2D eigenvalue weighted by atomic mass is 9.86. The highest BCUT2D eigenvalue weighted by Gasteiger charge is 2.19. The van der Waals surface area contributed by atoms with Crippen molar-refractivity contribution in [2.24, 2.45) is 5.92 Å². The summed E-state index contributed by atoms with van der Waals surface area (Å²) < 4.78 is 5.44. The summed E-state index contributed by atoms with van der Waals surface area (Å²) in [6.07, 6.45) is 3.48. The number of benzene rings is 1. The Kier molecular flexibility index (Phi) is 4.61. The minimum Gasteiger partial charge on any atom is -0.469 e. The first-order valence-electron chi connectivity index (χ1n) is 7.59. The monoisotopic (exact) mass is 286 g/mol. The van der Waals surface area contributed by atoms with E-state index in [9.17, 15) is 0 Å². The maximum Gasteiger partial charge on any atom is 0.108 e. The van der Waals surface area contributed by atoms with Gasteiger partial charge in [-0.25, -0.2) is 0 Å². The fourth-order valence-electron chi connectivity index (χ4n) is 3.05. The van der Waals surface area contributed by atoms with Gasteiger partial charge >= 0.3 is 0 Å². The van der Waals surface area contributed by atoms with E-state index in [1.807, 2.05) is 19.1 Å². The van der Waals surface area contributed by atoms with Gasteiger partial charge in [-0.15, -0.1) is 0 Å². The Morgan fingerprint density at radius 2 is 1.86 bits per heavy atom. The molecule has 0 fully saturated rings. The van der Waals surface area contributed by atoms with Crippen molar-refractivity contribution in [2.75, 3.05) is 11.5 Å². The van der Waals surface area contributed by atoms with Crippen molar-refractivity contribution in [3.05, 3.63) is 46.9 Å². The first-order valence-corrected chi connectivity index (χ1v) is 7.59. The van der Waals surface area contributed by atoms with Gasteiger partial charge in [0.1, 0.15) is 5.76 Å². The molecule has 3 heteroatoms. The van der Waals surface area contributed by atoms with Gasteiger partial charge in [0.15, 0.2) is 0 Å². The summed E-state index contributed by atoms with van der Waals surface area (Å²) >= 11 is 0. The zero-order valence-electron chi connectivity index (χ0n) is 13.4. The van der Waals surface area contributed by atoms with Crippen LogP contribution < -0.4 is 11.5 Å². The summed E-state index contributed by atoms with van der Waals surface area (Å²) in [5.74, 6) is 1.90. The number of furan rings is 1. The minimum absolute atomic E-state index is 0.361. The van der Waals surface area contributed by atoms with Crippen molar-refractivity contribution in [1.29, 1.82) is 0 Å². The Hall–Kier alpha value is -1.90. The molecule has 0 bridgehead atoms. The lowest BCUT2D eigenvalue weighted by Crippen LogP contribution is -2.10. The maximum atomic E-state index is 6.42. The summed E-state index contributed by atoms with van der Waals surface area (Å²) in [7, 11) is 0. The predicted octanol–water partition coefficient (Wildman–Crippen LogP) is 4.49. The Bertz CT molecular complexity index is 600. The smallest absolute Gasteiger partial charge is 0.108 e. The topological polar surface area (TPSA) is 65.2 Å². The van der Waals surface area contributed by atoms with Crippen LogP contribution in [0.1, 0.15) is 55.6 Å². The van der Waals surface area contributed by atoms with Crippen LogP contribution in [0.4, 0.5) is 11.4 Å². The van der Waals surface area contributed by atoms with Gasteiger partial charge in [0.25, 0.3) is 0 Å². The van der Waals surface area contributed by atoms with Gasteiger partial charge in [-0.2, -0.15) is 0 Å². The molecule has 1 aromatic carbocycles. The second-order valence-corrected chi connectivity index (χ2v) is 6.38. The van der Waals surface area contributed by atoms with Gasteiger partial charge in [0, 0.05) is 23.4 Å². The van der Waals surface area contributed by atoms with Gasteiger partial charge < -0.3 is 15.9 Å². The SMILES string of the molecule is Cc1cc(Cc2ccco2)c(N)c(C(C)CC(C)C)c1N. The molecule has 21 heavy (non-hydrogen) atoms. The van der Waals surface area contributed by atoms with Gasteiger partial charge in [-0.05, 0) is 48.4 Å². The minimum atomic E-state index is 0.361. The number of nitrogens with two attached hydrogens (primary N) is 2. The van der Waals surface area contributed by atoms with Gasteiger partial charge in [0.2, 0.25) is 0 Å². The Morgan fingerprint density at radius 1 is 1.14 bits per heavy atom. The van der Waals surface area contributed by atoms with Crippen molar-refractivity contribution < 1.29 is 4.42 Å². The Morgan fingerprint density at radius 3 is 2.43 bits per heavy atom. The molecule has 114 valence electrons. The van der Waals surface area contributed by atoms with Crippen LogP contribution in [0.2, 0.25) is 0 Å². The molecule has 4 N–H and O–H groups in total. The molecule has 0 amide bonds. The molecule has 1 atom stereocenters. The van der Waals surface area contributed by atoms with Crippen LogP contribution in [0.5, 0.6) is 0 Å². The van der Waals surface area contributed by atoms with E-state index in [-0.39, 0.29) is 0 Å². The molecule has 1 heterocycles. The van der Waals surface area contributed by atoms with Crippen LogP contribution in [-0.4, -0.2) is 0 Å². The van der Waals surface area contributed by atoms with Gasteiger partial charge in [0.05, 0.1) is 6.26 Å². The third-order valence-corrected chi connectivity index (χ3v) is 4.00. The highest BCUT2D eigenvalue weighted by molar-refractivity contribution is 5.70. The van der Waals surface area contributed by atoms with Crippen LogP contribution in [-0.2, 0) is 6.42 Å². The molecular weight excluding hydrogens is 260 g/mol. The molecule has 0 aliphatic rings. The summed E-state index contributed by atoms with van der Waals surface area (Å²) in [4.78, 5) is 0. The first kappa shape index (κ1) is 15.5. The molecule has 0 spiro atoms. The molecule has 3 nitrogen and oxygen atoms in total. The number of hydrogen-bond donors (Lipinski definition) is 2. The third kappa shape index (κ3) is 3.41. The standard InChI is InChI=1S/C18H26N2O/c1-11(2)8-12(3)16-17(19)13(4)9-14(18(16)20)10-15-6-5-7-21-15/h5-7,9,11-12H,8,10,19-20H2,1-4H3. The van der Waals surface area contributed by atoms with Crippen LogP contribution in [0.3, 0.4) is 0 Å². The van der Waals surface area contributed by atoms with E-state index < -0.39 is 0 Å². The van der Waals surface area contributed by atoms with Crippen LogP contribution in [0, 0.1) is 12.8 Å². The molecule has 0 radical (unpaired) electrons. The van der Waals surface area contributed by atoms with Gasteiger partial charge in [-0.1, -0.05) is 26.8 Å². The molecular formula is C18H26N2O. The van der Waals surface area contributed by atoms with Crippen molar-refractivity contribution in [3.8, 4) is 0 Å². The van der Waals surface area contributed by atoms with E-state index in [2.05, 4.69) is 26.8 Å². The summed E-state index contributed by atoms with van der Waals surface area (Å²) in [6.45, 7) is 8.70. The van der Waals surface area contributed by atoms with E-state index in [0.29, 0.717) is 18.3 Å². The fraction of sp³-hybridized carbons (Fsp3) is 0.444. The molecule has 0 aliphatic heterocycles. The molecule has 1 aromatic heterocycles. The van der Waals surface area contributed by atoms with Crippen LogP contribution in [0.25, 0.3) is 0 Å². The van der Waals surface area contributed by atoms with Crippen molar-refractivity contribution in [2.45, 2.75) is 46.5 Å². The van der Waals surface area contributed by atoms with E-state index in [0.717, 1.165) is 40.2 Å². The zero-order valence-corrected chi connectivity index (χ0v) is 13.4. The number of rotatable bonds is 5. The van der Waals surface area contributed by atoms with E-state index in [4.69, 9.17) is 15.9 Å².